The van der Waals surface area contributed by atoms with Gasteiger partial charge in [-0.05, 0) is 30.7 Å². The molecule has 106 valence electrons. The first-order valence-corrected chi connectivity index (χ1v) is 6.99. The van der Waals surface area contributed by atoms with Crippen LogP contribution in [0.5, 0.6) is 0 Å². The Morgan fingerprint density at radius 2 is 2.30 bits per heavy atom. The van der Waals surface area contributed by atoms with E-state index in [1.807, 2.05) is 0 Å². The molecule has 6 nitrogen and oxygen atoms in total. The molecule has 1 atom stereocenters. The average molecular weight is 294 g/mol. The molecule has 0 radical (unpaired) electrons. The zero-order valence-electron chi connectivity index (χ0n) is 10.8. The number of carbonyl (C=O) groups is 1. The van der Waals surface area contributed by atoms with Crippen LogP contribution in [0.2, 0.25) is 0 Å². The fourth-order valence-electron chi connectivity index (χ4n) is 1.87. The number of ether oxygens (including phenoxy) is 1. The lowest BCUT2D eigenvalue weighted by atomic mass is 10.1. The maximum atomic E-state index is 11.7. The second kappa shape index (κ2) is 5.89. The summed E-state index contributed by atoms with van der Waals surface area (Å²) in [7, 11) is 0. The van der Waals surface area contributed by atoms with E-state index in [2.05, 4.69) is 16.3 Å². The molecule has 0 saturated heterocycles. The summed E-state index contributed by atoms with van der Waals surface area (Å²) in [5.74, 6) is -0.441. The Morgan fingerprint density at radius 3 is 2.90 bits per heavy atom. The first-order valence-electron chi connectivity index (χ1n) is 5.89. The van der Waals surface area contributed by atoms with E-state index in [9.17, 15) is 9.00 Å². The summed E-state index contributed by atoms with van der Waals surface area (Å²) in [6.45, 7) is 5.68. The smallest absolute Gasteiger partial charge is 0.354 e. The summed E-state index contributed by atoms with van der Waals surface area (Å²) < 4.78 is 27.1. The molecule has 7 heteroatoms. The van der Waals surface area contributed by atoms with Gasteiger partial charge in [0.05, 0.1) is 12.3 Å². The number of aromatic nitrogens is 1. The van der Waals surface area contributed by atoms with Gasteiger partial charge in [-0.2, -0.15) is 0 Å². The predicted molar refractivity (Wildman–Crippen MR) is 78.7 cm³/mol. The van der Waals surface area contributed by atoms with Crippen molar-refractivity contribution in [3.05, 3.63) is 36.0 Å². The molecule has 2 rings (SSSR count). The Balaban J connectivity index is 2.49. The van der Waals surface area contributed by atoms with Crippen LogP contribution < -0.4 is 4.72 Å². The predicted octanol–water partition coefficient (Wildman–Crippen LogP) is 2.54. The van der Waals surface area contributed by atoms with Crippen LogP contribution in [0, 0.1) is 0 Å². The number of carbonyl (C=O) groups excluding carboxylic acids is 1. The normalized spacial score (nSPS) is 12.1. The summed E-state index contributed by atoms with van der Waals surface area (Å²) in [6, 6.07) is 5.07. The van der Waals surface area contributed by atoms with E-state index in [-0.39, 0.29) is 0 Å². The summed E-state index contributed by atoms with van der Waals surface area (Å²) in [5.41, 5.74) is 2.10. The highest BCUT2D eigenvalue weighted by atomic mass is 32.2. The van der Waals surface area contributed by atoms with Crippen molar-refractivity contribution in [2.24, 2.45) is 0 Å². The Bertz CT molecular complexity index is 693. The molecular formula is C13H14N2O4S. The Hall–Kier alpha value is -2.12. The van der Waals surface area contributed by atoms with Crippen molar-refractivity contribution < 1.29 is 18.3 Å². The van der Waals surface area contributed by atoms with Gasteiger partial charge in [0, 0.05) is 10.9 Å². The van der Waals surface area contributed by atoms with E-state index in [0.29, 0.717) is 29.1 Å². The Labute approximate surface area is 118 Å². The van der Waals surface area contributed by atoms with Crippen molar-refractivity contribution in [2.45, 2.75) is 6.92 Å². The minimum atomic E-state index is -2.18. The minimum absolute atomic E-state index is 0.294. The third kappa shape index (κ3) is 2.89. The monoisotopic (exact) mass is 294 g/mol. The molecule has 0 saturated carbocycles. The van der Waals surface area contributed by atoms with E-state index in [0.717, 1.165) is 5.39 Å². The first kappa shape index (κ1) is 14.3. The molecule has 1 heterocycles. The fraction of sp³-hybridized carbons (Fsp3) is 0.154. The molecule has 0 fully saturated rings. The lowest BCUT2D eigenvalue weighted by Gasteiger charge is -2.06. The van der Waals surface area contributed by atoms with Gasteiger partial charge in [-0.3, -0.25) is 9.27 Å². The quantitative estimate of drug-likeness (QED) is 0.583. The summed E-state index contributed by atoms with van der Waals surface area (Å²) in [5, 5.41) is 0.789. The van der Waals surface area contributed by atoms with Crippen LogP contribution in [0.4, 0.5) is 5.69 Å². The molecule has 1 unspecified atom stereocenters. The largest absolute Gasteiger partial charge is 0.461 e. The molecule has 3 N–H and O–H groups in total. The van der Waals surface area contributed by atoms with Gasteiger partial charge in [-0.25, -0.2) is 9.00 Å². The highest BCUT2D eigenvalue weighted by molar-refractivity contribution is 7.80. The maximum Gasteiger partial charge on any atom is 0.354 e. The van der Waals surface area contributed by atoms with Gasteiger partial charge < -0.3 is 9.72 Å². The number of aromatic amines is 1. The molecule has 0 aliphatic heterocycles. The Kier molecular flexibility index (Phi) is 4.21. The molecule has 20 heavy (non-hydrogen) atoms. The molecule has 1 aromatic carbocycles. The topological polar surface area (TPSA) is 91.4 Å². The van der Waals surface area contributed by atoms with Crippen molar-refractivity contribution in [3.8, 4) is 0 Å². The molecule has 0 aliphatic carbocycles. The van der Waals surface area contributed by atoms with Crippen LogP contribution in [0.1, 0.15) is 23.0 Å². The number of hydrogen-bond donors (Lipinski definition) is 3. The zero-order chi connectivity index (χ0) is 14.7. The Morgan fingerprint density at radius 1 is 1.55 bits per heavy atom. The average Bonchev–Trinajstić information content (AvgIpc) is 2.80. The van der Waals surface area contributed by atoms with E-state index >= 15 is 0 Å². The van der Waals surface area contributed by atoms with Crippen LogP contribution in [0.3, 0.4) is 0 Å². The van der Waals surface area contributed by atoms with Crippen molar-refractivity contribution in [1.82, 2.24) is 4.98 Å². The number of hydrogen-bond acceptors (Lipinski definition) is 3. The molecule has 2 aromatic rings. The third-order valence-corrected chi connectivity index (χ3v) is 3.10. The molecule has 0 amide bonds. The van der Waals surface area contributed by atoms with E-state index in [4.69, 9.17) is 9.29 Å². The summed E-state index contributed by atoms with van der Waals surface area (Å²) >= 11 is -2.18. The molecule has 1 aromatic heterocycles. The van der Waals surface area contributed by atoms with E-state index < -0.39 is 17.2 Å². The fourth-order valence-corrected chi connectivity index (χ4v) is 2.23. The van der Waals surface area contributed by atoms with Gasteiger partial charge in [-0.15, -0.1) is 0 Å². The number of nitrogens with one attached hydrogen (secondary N) is 2. The number of fused-ring (bicyclic) bond motifs is 1. The van der Waals surface area contributed by atoms with Crippen LogP contribution >= 0.6 is 0 Å². The lowest BCUT2D eigenvalue weighted by molar-refractivity contribution is 0.0520. The molecule has 0 spiro atoms. The van der Waals surface area contributed by atoms with E-state index in [1.165, 1.54) is 0 Å². The second-order valence-electron chi connectivity index (χ2n) is 3.99. The third-order valence-electron chi connectivity index (χ3n) is 2.70. The highest BCUT2D eigenvalue weighted by Gasteiger charge is 2.12. The van der Waals surface area contributed by atoms with Gasteiger partial charge in [0.25, 0.3) is 11.3 Å². The number of anilines is 1. The minimum Gasteiger partial charge on any atom is -0.461 e. The molecular weight excluding hydrogens is 280 g/mol. The van der Waals surface area contributed by atoms with Crippen molar-refractivity contribution in [1.29, 1.82) is 0 Å². The van der Waals surface area contributed by atoms with Gasteiger partial charge in [0.1, 0.15) is 5.69 Å². The van der Waals surface area contributed by atoms with Crippen molar-refractivity contribution in [3.63, 3.8) is 0 Å². The maximum absolute atomic E-state index is 11.7. The molecule has 0 bridgehead atoms. The number of benzene rings is 1. The summed E-state index contributed by atoms with van der Waals surface area (Å²) in [4.78, 5) is 14.6. The molecule has 0 aliphatic rings. The standard InChI is InChI=1S/C13H14N2O4S/c1-3-8-5-9-6-12(13(16)19-4-2)14-10(9)7-11(8)15-20(17)18/h3,5-7,14-15H,1,4H2,2H3,(H,17,18). The van der Waals surface area contributed by atoms with Gasteiger partial charge in [0.15, 0.2) is 0 Å². The second-order valence-corrected chi connectivity index (χ2v) is 4.69. The van der Waals surface area contributed by atoms with Crippen molar-refractivity contribution >= 4 is 39.9 Å². The highest BCUT2D eigenvalue weighted by Crippen LogP contribution is 2.26. The SMILES string of the molecule is C=Cc1cc2cc(C(=O)OCC)[nH]c2cc1NS(=O)O. The van der Waals surface area contributed by atoms with Crippen LogP contribution in [0.15, 0.2) is 24.8 Å². The number of esters is 1. The first-order chi connectivity index (χ1) is 9.55. The van der Waals surface area contributed by atoms with Crippen molar-refractivity contribution in [2.75, 3.05) is 11.3 Å². The van der Waals surface area contributed by atoms with Gasteiger partial charge in [-0.1, -0.05) is 12.7 Å². The van der Waals surface area contributed by atoms with Crippen LogP contribution in [-0.4, -0.2) is 26.3 Å². The lowest BCUT2D eigenvalue weighted by Crippen LogP contribution is -2.04. The van der Waals surface area contributed by atoms with E-state index in [1.54, 1.807) is 31.2 Å². The number of H-pyrrole nitrogens is 1. The van der Waals surface area contributed by atoms with Crippen LogP contribution in [0.25, 0.3) is 17.0 Å². The number of rotatable bonds is 5. The summed E-state index contributed by atoms with van der Waals surface area (Å²) in [6.07, 6.45) is 1.56. The van der Waals surface area contributed by atoms with Gasteiger partial charge in [0.2, 0.25) is 0 Å². The zero-order valence-corrected chi connectivity index (χ0v) is 11.6. The van der Waals surface area contributed by atoms with Crippen LogP contribution in [-0.2, 0) is 16.0 Å². The van der Waals surface area contributed by atoms with Gasteiger partial charge >= 0.3 is 5.97 Å².